The Morgan fingerprint density at radius 2 is 1.77 bits per heavy atom. The van der Waals surface area contributed by atoms with Crippen LogP contribution in [0.5, 0.6) is 0 Å². The minimum Gasteiger partial charge on any atom is -0.480 e. The quantitative estimate of drug-likeness (QED) is 0.466. The normalized spacial score (nSPS) is 14.1. The van der Waals surface area contributed by atoms with E-state index >= 15 is 0 Å². The molecule has 2 aromatic rings. The Kier molecular flexibility index (Phi) is 8.74. The number of likely N-dealkylation sites (N-methyl/N-ethyl adjacent to an activating group) is 1. The van der Waals surface area contributed by atoms with Gasteiger partial charge < -0.3 is 15.3 Å². The summed E-state index contributed by atoms with van der Waals surface area (Å²) in [6.45, 7) is 1.88. The topological polar surface area (TPSA) is 116 Å². The molecule has 9 heteroatoms. The molecule has 3 N–H and O–H groups in total. The highest BCUT2D eigenvalue weighted by atomic mass is 31.2. The first-order valence-electron chi connectivity index (χ1n) is 9.52. The fraction of sp³-hybridized carbons (Fsp3) is 0.333. The smallest absolute Gasteiger partial charge is 0.405 e. The van der Waals surface area contributed by atoms with Crippen molar-refractivity contribution in [1.29, 1.82) is 0 Å². The van der Waals surface area contributed by atoms with E-state index in [1.54, 1.807) is 24.3 Å². The first kappa shape index (κ1) is 23.8. The molecule has 0 saturated heterocycles. The lowest BCUT2D eigenvalue weighted by Gasteiger charge is -2.23. The van der Waals surface area contributed by atoms with E-state index in [2.05, 4.69) is 5.32 Å². The fourth-order valence-corrected chi connectivity index (χ4v) is 3.55. The number of rotatable bonds is 11. The van der Waals surface area contributed by atoms with Gasteiger partial charge in [-0.3, -0.25) is 9.32 Å². The molecule has 2 rings (SSSR count). The Balaban J connectivity index is 1.84. The molecule has 0 aliphatic carbocycles. The number of nitrogens with one attached hydrogen (secondary N) is 1. The number of carbonyl (C=O) groups is 2. The second-order valence-electron chi connectivity index (χ2n) is 6.96. The minimum absolute atomic E-state index is 0.149. The Morgan fingerprint density at radius 1 is 1.13 bits per heavy atom. The standard InChI is InChI=1S/C21H27N2O6P/c1-16-8-10-18(11-9-16)20(24)22-19(21(25)26)13-15-29-30(27,28)23(2)14-12-17-6-4-3-5-7-17/h3-11,19H,12-15H2,1-2H3,(H,22,24)(H,25,26)(H,27,28). The van der Waals surface area contributed by atoms with E-state index in [4.69, 9.17) is 4.52 Å². The van der Waals surface area contributed by atoms with Crippen molar-refractivity contribution >= 4 is 19.6 Å². The van der Waals surface area contributed by atoms with E-state index in [9.17, 15) is 24.2 Å². The van der Waals surface area contributed by atoms with Gasteiger partial charge in [-0.1, -0.05) is 48.0 Å². The number of carbonyl (C=O) groups excluding carboxylic acids is 1. The molecule has 0 aliphatic rings. The number of benzene rings is 2. The zero-order valence-corrected chi connectivity index (χ0v) is 17.9. The van der Waals surface area contributed by atoms with Gasteiger partial charge in [0.15, 0.2) is 0 Å². The van der Waals surface area contributed by atoms with Crippen molar-refractivity contribution in [3.63, 3.8) is 0 Å². The molecule has 0 saturated carbocycles. The molecule has 0 aliphatic heterocycles. The summed E-state index contributed by atoms with van der Waals surface area (Å²) in [5.74, 6) is -1.78. The zero-order valence-electron chi connectivity index (χ0n) is 17.0. The molecular weight excluding hydrogens is 407 g/mol. The lowest BCUT2D eigenvalue weighted by atomic mass is 10.1. The van der Waals surface area contributed by atoms with Gasteiger partial charge in [0.25, 0.3) is 5.91 Å². The van der Waals surface area contributed by atoms with E-state index in [0.717, 1.165) is 11.1 Å². The molecule has 1 amide bonds. The van der Waals surface area contributed by atoms with E-state index in [1.165, 1.54) is 11.7 Å². The second kappa shape index (κ2) is 11.0. The average Bonchev–Trinajstić information content (AvgIpc) is 2.72. The van der Waals surface area contributed by atoms with Crippen molar-refractivity contribution < 1.29 is 28.7 Å². The maximum absolute atomic E-state index is 12.4. The summed E-state index contributed by atoms with van der Waals surface area (Å²) < 4.78 is 18.7. The molecule has 2 atom stereocenters. The Bertz CT molecular complexity index is 888. The van der Waals surface area contributed by atoms with Crippen molar-refractivity contribution in [3.05, 3.63) is 71.3 Å². The highest BCUT2D eigenvalue weighted by molar-refractivity contribution is 7.50. The van der Waals surface area contributed by atoms with Gasteiger partial charge in [0, 0.05) is 18.5 Å². The first-order chi connectivity index (χ1) is 14.2. The summed E-state index contributed by atoms with van der Waals surface area (Å²) in [5.41, 5.74) is 2.33. The van der Waals surface area contributed by atoms with Crippen LogP contribution < -0.4 is 5.32 Å². The van der Waals surface area contributed by atoms with Crippen LogP contribution in [0.25, 0.3) is 0 Å². The van der Waals surface area contributed by atoms with Crippen LogP contribution in [0.2, 0.25) is 0 Å². The number of hydrogen-bond acceptors (Lipinski definition) is 4. The summed E-state index contributed by atoms with van der Waals surface area (Å²) in [6, 6.07) is 15.0. The first-order valence-corrected chi connectivity index (χ1v) is 11.1. The Labute approximate surface area is 176 Å². The third-order valence-electron chi connectivity index (χ3n) is 4.58. The minimum atomic E-state index is -4.08. The van der Waals surface area contributed by atoms with Crippen LogP contribution in [-0.4, -0.2) is 52.8 Å². The number of hydrogen-bond donors (Lipinski definition) is 3. The van der Waals surface area contributed by atoms with Crippen LogP contribution in [0.15, 0.2) is 54.6 Å². The average molecular weight is 434 g/mol. The predicted molar refractivity (Wildman–Crippen MR) is 113 cm³/mol. The summed E-state index contributed by atoms with van der Waals surface area (Å²) in [5, 5.41) is 11.8. The molecule has 0 aromatic heterocycles. The second-order valence-corrected chi connectivity index (χ2v) is 8.88. The molecule has 0 radical (unpaired) electrons. The summed E-state index contributed by atoms with van der Waals surface area (Å²) >= 11 is 0. The lowest BCUT2D eigenvalue weighted by molar-refractivity contribution is -0.139. The summed E-state index contributed by atoms with van der Waals surface area (Å²) in [6.07, 6.45) is 0.416. The van der Waals surface area contributed by atoms with Gasteiger partial charge in [0.05, 0.1) is 6.61 Å². The van der Waals surface area contributed by atoms with Gasteiger partial charge in [0.1, 0.15) is 6.04 Å². The van der Waals surface area contributed by atoms with Crippen molar-refractivity contribution in [3.8, 4) is 0 Å². The number of carboxylic acids is 1. The van der Waals surface area contributed by atoms with E-state index < -0.39 is 25.7 Å². The molecule has 8 nitrogen and oxygen atoms in total. The van der Waals surface area contributed by atoms with Gasteiger partial charge in [-0.15, -0.1) is 0 Å². The third kappa shape index (κ3) is 7.39. The van der Waals surface area contributed by atoms with Crippen LogP contribution >= 0.6 is 7.75 Å². The number of nitrogens with zero attached hydrogens (tertiary/aromatic N) is 1. The van der Waals surface area contributed by atoms with Crippen LogP contribution in [0.4, 0.5) is 0 Å². The fourth-order valence-electron chi connectivity index (χ4n) is 2.65. The maximum atomic E-state index is 12.4. The molecule has 2 aromatic carbocycles. The highest BCUT2D eigenvalue weighted by Gasteiger charge is 2.28. The monoisotopic (exact) mass is 434 g/mol. The number of carboxylic acid groups (broad SMARTS) is 1. The summed E-state index contributed by atoms with van der Waals surface area (Å²) in [7, 11) is -2.61. The van der Waals surface area contributed by atoms with E-state index in [-0.39, 0.29) is 13.0 Å². The van der Waals surface area contributed by atoms with Crippen LogP contribution in [0, 0.1) is 6.92 Å². The van der Waals surface area contributed by atoms with E-state index in [0.29, 0.717) is 18.5 Å². The van der Waals surface area contributed by atoms with Crippen molar-refractivity contribution in [2.45, 2.75) is 25.8 Å². The molecule has 0 bridgehead atoms. The predicted octanol–water partition coefficient (Wildman–Crippen LogP) is 2.86. The van der Waals surface area contributed by atoms with Gasteiger partial charge in [-0.2, -0.15) is 0 Å². The SMILES string of the molecule is Cc1ccc(C(=O)NC(CCOP(=O)(O)N(C)CCc2ccccc2)C(=O)O)cc1. The maximum Gasteiger partial charge on any atom is 0.405 e. The molecule has 30 heavy (non-hydrogen) atoms. The summed E-state index contributed by atoms with van der Waals surface area (Å²) in [4.78, 5) is 33.8. The number of aliphatic carboxylic acids is 1. The Morgan fingerprint density at radius 3 is 2.37 bits per heavy atom. The highest BCUT2D eigenvalue weighted by Crippen LogP contribution is 2.45. The van der Waals surface area contributed by atoms with Crippen LogP contribution in [0.1, 0.15) is 27.9 Å². The van der Waals surface area contributed by atoms with Gasteiger partial charge in [-0.25, -0.2) is 14.0 Å². The molecule has 162 valence electrons. The number of amides is 1. The van der Waals surface area contributed by atoms with Gasteiger partial charge in [-0.05, 0) is 38.1 Å². The molecular formula is C21H27N2O6P. The van der Waals surface area contributed by atoms with Gasteiger partial charge in [0.2, 0.25) is 0 Å². The van der Waals surface area contributed by atoms with Crippen LogP contribution in [0.3, 0.4) is 0 Å². The molecule has 2 unspecified atom stereocenters. The lowest BCUT2D eigenvalue weighted by Crippen LogP contribution is -2.41. The van der Waals surface area contributed by atoms with Crippen molar-refractivity contribution in [2.24, 2.45) is 0 Å². The largest absolute Gasteiger partial charge is 0.480 e. The molecule has 0 fully saturated rings. The van der Waals surface area contributed by atoms with Crippen molar-refractivity contribution in [2.75, 3.05) is 20.2 Å². The van der Waals surface area contributed by atoms with Crippen LogP contribution in [-0.2, 0) is 20.3 Å². The molecule has 0 spiro atoms. The van der Waals surface area contributed by atoms with Crippen molar-refractivity contribution in [1.82, 2.24) is 9.99 Å². The zero-order chi connectivity index (χ0) is 22.1. The Hall–Kier alpha value is -2.51. The number of aryl methyl sites for hydroxylation is 1. The van der Waals surface area contributed by atoms with E-state index in [1.807, 2.05) is 37.3 Å². The van der Waals surface area contributed by atoms with Gasteiger partial charge >= 0.3 is 13.7 Å². The molecule has 0 heterocycles. The third-order valence-corrected chi connectivity index (χ3v) is 6.16.